The quantitative estimate of drug-likeness (QED) is 0.840. The largest absolute Gasteiger partial charge is 0.491 e. The summed E-state index contributed by atoms with van der Waals surface area (Å²) in [5.41, 5.74) is 6.66. The van der Waals surface area contributed by atoms with E-state index in [4.69, 9.17) is 10.5 Å². The molecule has 0 amide bonds. The van der Waals surface area contributed by atoms with Gasteiger partial charge in [-0.3, -0.25) is 0 Å². The molecule has 1 saturated heterocycles. The molecule has 1 aromatic rings. The number of hydrogen-bond acceptors (Lipinski definition) is 4. The topological polar surface area (TPSA) is 58.7 Å². The van der Waals surface area contributed by atoms with Crippen LogP contribution in [0.3, 0.4) is 0 Å². The summed E-state index contributed by atoms with van der Waals surface area (Å²) < 4.78 is 5.67. The van der Waals surface area contributed by atoms with Gasteiger partial charge in [0.2, 0.25) is 0 Å². The van der Waals surface area contributed by atoms with Crippen LogP contribution >= 0.6 is 0 Å². The van der Waals surface area contributed by atoms with Gasteiger partial charge >= 0.3 is 0 Å². The average Bonchev–Trinajstić information content (AvgIpc) is 2.44. The Balaban J connectivity index is 1.77. The van der Waals surface area contributed by atoms with Crippen molar-refractivity contribution in [3.8, 4) is 5.75 Å². The fourth-order valence-electron chi connectivity index (χ4n) is 3.25. The van der Waals surface area contributed by atoms with Crippen LogP contribution in [0.25, 0.3) is 0 Å². The molecule has 0 aromatic heterocycles. The van der Waals surface area contributed by atoms with Crippen LogP contribution in [-0.2, 0) is 6.54 Å². The standard InChI is InChI=1S/C17H28N2O2/c1-13-6-14(2)10-19(9-13)11-16(20)12-21-17-5-3-4-15(7-17)8-18/h3-5,7,13-14,16,20H,6,8-12,18H2,1-2H3. The molecular formula is C17H28N2O2. The lowest BCUT2D eigenvalue weighted by Crippen LogP contribution is -2.44. The summed E-state index contributed by atoms with van der Waals surface area (Å²) in [6.07, 6.45) is 0.832. The maximum Gasteiger partial charge on any atom is 0.119 e. The monoisotopic (exact) mass is 292 g/mol. The Morgan fingerprint density at radius 2 is 2.05 bits per heavy atom. The zero-order valence-corrected chi connectivity index (χ0v) is 13.2. The van der Waals surface area contributed by atoms with Gasteiger partial charge in [-0.1, -0.05) is 26.0 Å². The molecule has 0 saturated carbocycles. The second-order valence-corrected chi connectivity index (χ2v) is 6.48. The first-order valence-electron chi connectivity index (χ1n) is 7.89. The van der Waals surface area contributed by atoms with Crippen LogP contribution in [0.15, 0.2) is 24.3 Å². The van der Waals surface area contributed by atoms with Crippen molar-refractivity contribution in [3.05, 3.63) is 29.8 Å². The number of β-amino-alcohol motifs (C(OH)–C–C–N with tert-alkyl or cyclic N) is 1. The molecular weight excluding hydrogens is 264 g/mol. The molecule has 1 fully saturated rings. The minimum atomic E-state index is -0.455. The zero-order chi connectivity index (χ0) is 15.2. The van der Waals surface area contributed by atoms with Crippen LogP contribution < -0.4 is 10.5 Å². The molecule has 1 aliphatic rings. The maximum atomic E-state index is 10.2. The van der Waals surface area contributed by atoms with E-state index in [-0.39, 0.29) is 0 Å². The van der Waals surface area contributed by atoms with E-state index < -0.39 is 6.10 Å². The molecule has 3 N–H and O–H groups in total. The van der Waals surface area contributed by atoms with Gasteiger partial charge in [-0.25, -0.2) is 0 Å². The summed E-state index contributed by atoms with van der Waals surface area (Å²) >= 11 is 0. The van der Waals surface area contributed by atoms with Crippen molar-refractivity contribution in [1.29, 1.82) is 0 Å². The third-order valence-corrected chi connectivity index (χ3v) is 3.99. The number of ether oxygens (including phenoxy) is 1. The Labute approximate surface area is 127 Å². The molecule has 1 aromatic carbocycles. The minimum Gasteiger partial charge on any atom is -0.491 e. The highest BCUT2D eigenvalue weighted by Crippen LogP contribution is 2.21. The molecule has 0 spiro atoms. The van der Waals surface area contributed by atoms with Crippen molar-refractivity contribution in [3.63, 3.8) is 0 Å². The fourth-order valence-corrected chi connectivity index (χ4v) is 3.25. The molecule has 3 unspecified atom stereocenters. The van der Waals surface area contributed by atoms with Crippen LogP contribution in [0.1, 0.15) is 25.8 Å². The molecule has 21 heavy (non-hydrogen) atoms. The lowest BCUT2D eigenvalue weighted by atomic mass is 9.92. The summed E-state index contributed by atoms with van der Waals surface area (Å²) in [4.78, 5) is 2.35. The Morgan fingerprint density at radius 3 is 2.71 bits per heavy atom. The van der Waals surface area contributed by atoms with Gasteiger partial charge in [-0.05, 0) is 36.0 Å². The molecule has 0 aliphatic carbocycles. The van der Waals surface area contributed by atoms with Crippen LogP contribution in [0.2, 0.25) is 0 Å². The molecule has 2 rings (SSSR count). The van der Waals surface area contributed by atoms with Gasteiger partial charge in [-0.15, -0.1) is 0 Å². The first kappa shape index (κ1) is 16.3. The first-order chi connectivity index (χ1) is 10.1. The van der Waals surface area contributed by atoms with Crippen molar-refractivity contribution >= 4 is 0 Å². The molecule has 0 radical (unpaired) electrons. The molecule has 118 valence electrons. The van der Waals surface area contributed by atoms with Gasteiger partial charge in [0, 0.05) is 26.2 Å². The van der Waals surface area contributed by atoms with E-state index in [0.717, 1.165) is 24.4 Å². The predicted octanol–water partition coefficient (Wildman–Crippen LogP) is 1.86. The summed E-state index contributed by atoms with van der Waals surface area (Å²) in [7, 11) is 0. The highest BCUT2D eigenvalue weighted by atomic mass is 16.5. The van der Waals surface area contributed by atoms with Gasteiger partial charge in [0.25, 0.3) is 0 Å². The smallest absolute Gasteiger partial charge is 0.119 e. The number of likely N-dealkylation sites (tertiary alicyclic amines) is 1. The molecule has 1 heterocycles. The number of aliphatic hydroxyl groups excluding tert-OH is 1. The van der Waals surface area contributed by atoms with Gasteiger partial charge in [0.1, 0.15) is 18.5 Å². The third-order valence-electron chi connectivity index (χ3n) is 3.99. The van der Waals surface area contributed by atoms with Crippen LogP contribution in [0.4, 0.5) is 0 Å². The summed E-state index contributed by atoms with van der Waals surface area (Å²) in [5.74, 6) is 2.20. The average molecular weight is 292 g/mol. The van der Waals surface area contributed by atoms with Crippen molar-refractivity contribution < 1.29 is 9.84 Å². The molecule has 0 bridgehead atoms. The molecule has 4 heteroatoms. The van der Waals surface area contributed by atoms with E-state index in [1.807, 2.05) is 24.3 Å². The van der Waals surface area contributed by atoms with Crippen molar-refractivity contribution in [2.45, 2.75) is 32.9 Å². The van der Waals surface area contributed by atoms with Crippen LogP contribution in [-0.4, -0.2) is 42.4 Å². The normalized spacial score (nSPS) is 24.8. The molecule has 3 atom stereocenters. The third kappa shape index (κ3) is 5.30. The van der Waals surface area contributed by atoms with E-state index in [9.17, 15) is 5.11 Å². The van der Waals surface area contributed by atoms with Gasteiger partial charge in [0.15, 0.2) is 0 Å². The number of piperidine rings is 1. The van der Waals surface area contributed by atoms with E-state index in [1.54, 1.807) is 0 Å². The summed E-state index contributed by atoms with van der Waals surface area (Å²) in [5, 5.41) is 10.2. The Hall–Kier alpha value is -1.10. The van der Waals surface area contributed by atoms with E-state index in [1.165, 1.54) is 6.42 Å². The van der Waals surface area contributed by atoms with Crippen LogP contribution in [0.5, 0.6) is 5.75 Å². The number of nitrogens with two attached hydrogens (primary N) is 1. The highest BCUT2D eigenvalue weighted by Gasteiger charge is 2.23. The van der Waals surface area contributed by atoms with Gasteiger partial charge in [-0.2, -0.15) is 0 Å². The van der Waals surface area contributed by atoms with Gasteiger partial charge < -0.3 is 20.5 Å². The lowest BCUT2D eigenvalue weighted by molar-refractivity contribution is 0.0429. The number of nitrogens with zero attached hydrogens (tertiary/aromatic N) is 1. The number of rotatable bonds is 6. The zero-order valence-electron chi connectivity index (χ0n) is 13.2. The number of benzene rings is 1. The number of hydrogen-bond donors (Lipinski definition) is 2. The molecule has 1 aliphatic heterocycles. The SMILES string of the molecule is CC1CC(C)CN(CC(O)COc2cccc(CN)c2)C1. The lowest BCUT2D eigenvalue weighted by Gasteiger charge is -2.35. The van der Waals surface area contributed by atoms with Crippen molar-refractivity contribution in [2.24, 2.45) is 17.6 Å². The Kier molecular flexibility index (Phi) is 6.03. The molecule has 4 nitrogen and oxygen atoms in total. The second-order valence-electron chi connectivity index (χ2n) is 6.48. The van der Waals surface area contributed by atoms with E-state index >= 15 is 0 Å². The highest BCUT2D eigenvalue weighted by molar-refractivity contribution is 5.28. The van der Waals surface area contributed by atoms with E-state index in [2.05, 4.69) is 18.7 Å². The van der Waals surface area contributed by atoms with Gasteiger partial charge in [0.05, 0.1) is 0 Å². The van der Waals surface area contributed by atoms with Crippen LogP contribution in [0, 0.1) is 11.8 Å². The number of aliphatic hydroxyl groups is 1. The summed E-state index contributed by atoms with van der Waals surface area (Å²) in [6.45, 7) is 8.23. The second kappa shape index (κ2) is 7.78. The minimum absolute atomic E-state index is 0.327. The van der Waals surface area contributed by atoms with Crippen molar-refractivity contribution in [1.82, 2.24) is 4.90 Å². The Morgan fingerprint density at radius 1 is 1.33 bits per heavy atom. The Bertz CT molecular complexity index is 429. The van der Waals surface area contributed by atoms with Crippen molar-refractivity contribution in [2.75, 3.05) is 26.2 Å². The predicted molar refractivity (Wildman–Crippen MR) is 85.2 cm³/mol. The summed E-state index contributed by atoms with van der Waals surface area (Å²) in [6, 6.07) is 7.73. The van der Waals surface area contributed by atoms with E-state index in [0.29, 0.717) is 31.5 Å². The fraction of sp³-hybridized carbons (Fsp3) is 0.647. The first-order valence-corrected chi connectivity index (χ1v) is 7.89. The maximum absolute atomic E-state index is 10.2.